The summed E-state index contributed by atoms with van der Waals surface area (Å²) in [6.07, 6.45) is 9.91. The lowest BCUT2D eigenvalue weighted by Crippen LogP contribution is -2.54. The van der Waals surface area contributed by atoms with Gasteiger partial charge in [0.05, 0.1) is 46.3 Å². The van der Waals surface area contributed by atoms with Crippen molar-refractivity contribution in [1.82, 2.24) is 30.0 Å². The molecule has 4 aliphatic rings. The minimum absolute atomic E-state index is 0.0915. The molecule has 1 saturated carbocycles. The molecular formula is C34H33N7O5. The number of nitrogens with zero attached hydrogens (tertiary/aromatic N) is 5. The quantitative estimate of drug-likeness (QED) is 0.294. The van der Waals surface area contributed by atoms with Crippen molar-refractivity contribution in [3.8, 4) is 11.3 Å². The number of imide groups is 2. The van der Waals surface area contributed by atoms with Gasteiger partial charge in [0.15, 0.2) is 0 Å². The molecule has 0 spiro atoms. The molecule has 2 N–H and O–H groups in total. The standard InChI is InChI=1S/C34H33N7O5/c42-31-6-5-30(32(43)39-31)41-33(44)25-3-2-23(14-26(25)34(41)45)35-15-19-11-24(12-19)40-18-22(16-37-40)29-17-36-27-4-1-21(13-28(27)38-29)20-7-9-46-10-8-20/h1-4,13-14,16-20,24,30,35H,5-12,15H2,(H,39,42,43)/t19-,24-,30?. The lowest BCUT2D eigenvalue weighted by molar-refractivity contribution is -0.136. The number of hydrogen-bond donors (Lipinski definition) is 2. The van der Waals surface area contributed by atoms with Crippen LogP contribution < -0.4 is 10.6 Å². The summed E-state index contributed by atoms with van der Waals surface area (Å²) in [7, 11) is 0. The molecule has 4 aromatic rings. The average molecular weight is 620 g/mol. The van der Waals surface area contributed by atoms with Gasteiger partial charge in [0, 0.05) is 43.6 Å². The molecule has 0 bridgehead atoms. The number of hydrogen-bond acceptors (Lipinski definition) is 9. The van der Waals surface area contributed by atoms with Gasteiger partial charge in [-0.15, -0.1) is 0 Å². The molecule has 12 heteroatoms. The Bertz CT molecular complexity index is 1890. The number of ether oxygens (including phenoxy) is 1. The van der Waals surface area contributed by atoms with E-state index < -0.39 is 29.7 Å². The van der Waals surface area contributed by atoms with Gasteiger partial charge in [-0.1, -0.05) is 6.07 Å². The molecule has 2 aromatic carbocycles. The molecule has 234 valence electrons. The third-order valence-corrected chi connectivity index (χ3v) is 9.78. The number of anilines is 1. The van der Waals surface area contributed by atoms with Crippen molar-refractivity contribution in [3.63, 3.8) is 0 Å². The molecule has 8 rings (SSSR count). The van der Waals surface area contributed by atoms with E-state index in [1.165, 1.54) is 5.56 Å². The number of rotatable bonds is 7. The van der Waals surface area contributed by atoms with Gasteiger partial charge in [-0.05, 0) is 79.8 Å². The monoisotopic (exact) mass is 619 g/mol. The summed E-state index contributed by atoms with van der Waals surface area (Å²) in [4.78, 5) is 60.5. The Balaban J connectivity index is 0.880. The predicted molar refractivity (Wildman–Crippen MR) is 167 cm³/mol. The fourth-order valence-electron chi connectivity index (χ4n) is 7.05. The first-order chi connectivity index (χ1) is 22.4. The molecule has 4 amide bonds. The summed E-state index contributed by atoms with van der Waals surface area (Å²) < 4.78 is 7.54. The van der Waals surface area contributed by atoms with Gasteiger partial charge in [-0.25, -0.2) is 4.98 Å². The highest BCUT2D eigenvalue weighted by Gasteiger charge is 2.44. The number of amides is 4. The highest BCUT2D eigenvalue weighted by Crippen LogP contribution is 2.38. The maximum absolute atomic E-state index is 13.1. The molecule has 2 aromatic heterocycles. The molecule has 3 fully saturated rings. The van der Waals surface area contributed by atoms with Crippen molar-refractivity contribution in [2.24, 2.45) is 5.92 Å². The van der Waals surface area contributed by atoms with E-state index in [1.807, 2.05) is 23.3 Å². The molecule has 1 atom stereocenters. The number of carbonyl (C=O) groups is 4. The van der Waals surface area contributed by atoms with Crippen LogP contribution in [0.1, 0.15) is 76.8 Å². The normalized spacial score (nSPS) is 23.4. The van der Waals surface area contributed by atoms with Gasteiger partial charge < -0.3 is 10.1 Å². The van der Waals surface area contributed by atoms with Crippen LogP contribution in [0.25, 0.3) is 22.3 Å². The third-order valence-electron chi connectivity index (χ3n) is 9.78. The zero-order valence-corrected chi connectivity index (χ0v) is 25.1. The van der Waals surface area contributed by atoms with E-state index in [2.05, 4.69) is 38.9 Å². The smallest absolute Gasteiger partial charge is 0.262 e. The van der Waals surface area contributed by atoms with Crippen LogP contribution in [-0.2, 0) is 14.3 Å². The van der Waals surface area contributed by atoms with E-state index in [1.54, 1.807) is 18.2 Å². The summed E-state index contributed by atoms with van der Waals surface area (Å²) in [6.45, 7) is 2.32. The molecule has 5 heterocycles. The Morgan fingerprint density at radius 2 is 1.74 bits per heavy atom. The van der Waals surface area contributed by atoms with E-state index in [0.29, 0.717) is 18.4 Å². The number of fused-ring (bicyclic) bond motifs is 2. The lowest BCUT2D eigenvalue weighted by atomic mass is 9.80. The second kappa shape index (κ2) is 11.4. The number of benzene rings is 2. The molecule has 0 radical (unpaired) electrons. The minimum Gasteiger partial charge on any atom is -0.385 e. The average Bonchev–Trinajstić information content (AvgIpc) is 3.63. The van der Waals surface area contributed by atoms with Crippen LogP contribution in [0.4, 0.5) is 5.69 Å². The number of piperidine rings is 1. The van der Waals surface area contributed by atoms with Gasteiger partial charge >= 0.3 is 0 Å². The molecule has 1 unspecified atom stereocenters. The Labute approximate surface area is 264 Å². The van der Waals surface area contributed by atoms with E-state index in [0.717, 1.165) is 71.8 Å². The molecular weight excluding hydrogens is 586 g/mol. The highest BCUT2D eigenvalue weighted by atomic mass is 16.5. The Kier molecular flexibility index (Phi) is 7.08. The van der Waals surface area contributed by atoms with Crippen molar-refractivity contribution in [2.75, 3.05) is 25.1 Å². The maximum atomic E-state index is 13.1. The summed E-state index contributed by atoms with van der Waals surface area (Å²) in [5.74, 6) is -1.10. The summed E-state index contributed by atoms with van der Waals surface area (Å²) in [5.41, 5.74) is 6.10. The van der Waals surface area contributed by atoms with Crippen LogP contribution in [0.5, 0.6) is 0 Å². The topological polar surface area (TPSA) is 148 Å². The summed E-state index contributed by atoms with van der Waals surface area (Å²) in [5, 5.41) is 10.3. The predicted octanol–water partition coefficient (Wildman–Crippen LogP) is 3.85. The number of carbonyl (C=O) groups excluding carboxylic acids is 4. The van der Waals surface area contributed by atoms with Gasteiger partial charge in [0.1, 0.15) is 6.04 Å². The number of nitrogens with one attached hydrogen (secondary N) is 2. The second-order valence-electron chi connectivity index (χ2n) is 12.7. The van der Waals surface area contributed by atoms with Gasteiger partial charge in [-0.2, -0.15) is 5.10 Å². The van der Waals surface area contributed by atoms with Crippen LogP contribution in [0.15, 0.2) is 55.0 Å². The molecule has 1 aliphatic carbocycles. The van der Waals surface area contributed by atoms with E-state index in [4.69, 9.17) is 9.72 Å². The number of aromatic nitrogens is 4. The summed E-state index contributed by atoms with van der Waals surface area (Å²) in [6, 6.07) is 10.8. The van der Waals surface area contributed by atoms with Crippen LogP contribution in [-0.4, -0.2) is 74.1 Å². The Morgan fingerprint density at radius 3 is 2.57 bits per heavy atom. The third kappa shape index (κ3) is 5.12. The maximum Gasteiger partial charge on any atom is 0.262 e. The largest absolute Gasteiger partial charge is 0.385 e. The van der Waals surface area contributed by atoms with E-state index >= 15 is 0 Å². The molecule has 2 saturated heterocycles. The van der Waals surface area contributed by atoms with Crippen LogP contribution in [0.3, 0.4) is 0 Å². The first-order valence-corrected chi connectivity index (χ1v) is 15.9. The first kappa shape index (κ1) is 28.5. The first-order valence-electron chi connectivity index (χ1n) is 15.9. The van der Waals surface area contributed by atoms with E-state index in [9.17, 15) is 19.2 Å². The van der Waals surface area contributed by atoms with Crippen LogP contribution in [0.2, 0.25) is 0 Å². The Morgan fingerprint density at radius 1 is 0.913 bits per heavy atom. The van der Waals surface area contributed by atoms with Gasteiger partial charge in [-0.3, -0.25) is 39.1 Å². The zero-order valence-electron chi connectivity index (χ0n) is 25.1. The molecule has 46 heavy (non-hydrogen) atoms. The molecule has 12 nitrogen and oxygen atoms in total. The fraction of sp³-hybridized carbons (Fsp3) is 0.382. The van der Waals surface area contributed by atoms with Gasteiger partial charge in [0.25, 0.3) is 11.8 Å². The van der Waals surface area contributed by atoms with Crippen molar-refractivity contribution in [3.05, 3.63) is 71.7 Å². The summed E-state index contributed by atoms with van der Waals surface area (Å²) >= 11 is 0. The zero-order chi connectivity index (χ0) is 31.4. The van der Waals surface area contributed by atoms with Gasteiger partial charge in [0.2, 0.25) is 11.8 Å². The highest BCUT2D eigenvalue weighted by molar-refractivity contribution is 6.23. The minimum atomic E-state index is -0.973. The van der Waals surface area contributed by atoms with Crippen molar-refractivity contribution >= 4 is 40.3 Å². The Hall–Kier alpha value is -4.97. The molecule has 3 aliphatic heterocycles. The van der Waals surface area contributed by atoms with E-state index in [-0.39, 0.29) is 30.0 Å². The fourth-order valence-corrected chi connectivity index (χ4v) is 7.05. The second-order valence-corrected chi connectivity index (χ2v) is 12.7. The van der Waals surface area contributed by atoms with Crippen LogP contribution in [0, 0.1) is 5.92 Å². The van der Waals surface area contributed by atoms with Crippen molar-refractivity contribution in [2.45, 2.75) is 56.5 Å². The van der Waals surface area contributed by atoms with Crippen molar-refractivity contribution < 1.29 is 23.9 Å². The SMILES string of the molecule is O=C1CCC(N2C(=O)c3ccc(NC[C@H]4C[C@H](n5cc(-c6cnc7ccc(C8CCOCC8)cc7n6)cn5)C4)cc3C2=O)C(=O)N1. The van der Waals surface area contributed by atoms with Crippen molar-refractivity contribution in [1.29, 1.82) is 0 Å². The lowest BCUT2D eigenvalue weighted by Gasteiger charge is -2.35. The van der Waals surface area contributed by atoms with Crippen LogP contribution >= 0.6 is 0 Å².